The smallest absolute Gasteiger partial charge is 0.276 e. The summed E-state index contributed by atoms with van der Waals surface area (Å²) in [6.45, 7) is 1.57. The van der Waals surface area contributed by atoms with Crippen molar-refractivity contribution in [1.82, 2.24) is 4.98 Å². The molecule has 0 aliphatic rings. The Bertz CT molecular complexity index is 651. The molecule has 2 aromatic rings. The van der Waals surface area contributed by atoms with Gasteiger partial charge in [0.05, 0.1) is 29.2 Å². The number of nitrogens with one attached hydrogen (secondary N) is 1. The van der Waals surface area contributed by atoms with Gasteiger partial charge in [0.15, 0.2) is 0 Å². The van der Waals surface area contributed by atoms with Gasteiger partial charge < -0.3 is 10.4 Å². The number of benzene rings is 1. The molecule has 21 heavy (non-hydrogen) atoms. The molecule has 0 radical (unpaired) electrons. The highest BCUT2D eigenvalue weighted by atomic mass is 35.5. The molecule has 1 aromatic carbocycles. The average Bonchev–Trinajstić information content (AvgIpc) is 2.47. The van der Waals surface area contributed by atoms with Crippen LogP contribution in [0.15, 0.2) is 42.5 Å². The molecule has 0 spiro atoms. The van der Waals surface area contributed by atoms with Crippen LogP contribution in [0, 0.1) is 10.1 Å². The van der Waals surface area contributed by atoms with E-state index in [1.165, 1.54) is 12.1 Å². The maximum atomic E-state index is 10.9. The lowest BCUT2D eigenvalue weighted by atomic mass is 9.93. The van der Waals surface area contributed by atoms with Crippen molar-refractivity contribution in [2.45, 2.75) is 12.5 Å². The third-order valence-electron chi connectivity index (χ3n) is 3.12. The second-order valence-electron chi connectivity index (χ2n) is 4.77. The summed E-state index contributed by atoms with van der Waals surface area (Å²) in [6.07, 6.45) is 0. The third-order valence-corrected chi connectivity index (χ3v) is 3.31. The first-order valence-corrected chi connectivity index (χ1v) is 6.59. The fourth-order valence-electron chi connectivity index (χ4n) is 1.94. The second kappa shape index (κ2) is 6.07. The summed E-state index contributed by atoms with van der Waals surface area (Å²) in [7, 11) is 0. The number of halogens is 1. The Morgan fingerprint density at radius 2 is 2.05 bits per heavy atom. The molecule has 0 saturated carbocycles. The Hall–Kier alpha value is -2.18. The first kappa shape index (κ1) is 15.2. The molecule has 6 nitrogen and oxygen atoms in total. The van der Waals surface area contributed by atoms with Crippen molar-refractivity contribution in [2.24, 2.45) is 0 Å². The van der Waals surface area contributed by atoms with E-state index in [-0.39, 0.29) is 23.3 Å². The highest BCUT2D eigenvalue weighted by molar-refractivity contribution is 6.29. The molecular formula is C14H14ClN3O3. The number of anilines is 1. The van der Waals surface area contributed by atoms with Crippen molar-refractivity contribution in [3.8, 4) is 0 Å². The zero-order chi connectivity index (χ0) is 15.5. The molecule has 1 aromatic heterocycles. The molecule has 1 unspecified atom stereocenters. The molecule has 1 heterocycles. The van der Waals surface area contributed by atoms with Gasteiger partial charge in [0.25, 0.3) is 5.69 Å². The Morgan fingerprint density at radius 1 is 1.38 bits per heavy atom. The van der Waals surface area contributed by atoms with Gasteiger partial charge in [0.1, 0.15) is 11.0 Å². The average molecular weight is 308 g/mol. The molecule has 0 saturated heterocycles. The first-order chi connectivity index (χ1) is 9.94. The maximum Gasteiger partial charge on any atom is 0.276 e. The predicted molar refractivity (Wildman–Crippen MR) is 80.4 cm³/mol. The minimum absolute atomic E-state index is 0.0139. The summed E-state index contributed by atoms with van der Waals surface area (Å²) in [5.41, 5.74) is -0.157. The van der Waals surface area contributed by atoms with Crippen LogP contribution in [0.4, 0.5) is 11.5 Å². The molecule has 0 aliphatic carbocycles. The van der Waals surface area contributed by atoms with Gasteiger partial charge in [-0.3, -0.25) is 10.1 Å². The van der Waals surface area contributed by atoms with E-state index in [1.807, 2.05) is 30.3 Å². The van der Waals surface area contributed by atoms with Crippen molar-refractivity contribution >= 4 is 23.1 Å². The summed E-state index contributed by atoms with van der Waals surface area (Å²) in [5, 5.41) is 23.6. The largest absolute Gasteiger partial charge is 0.394 e. The van der Waals surface area contributed by atoms with Gasteiger partial charge in [-0.05, 0) is 12.5 Å². The summed E-state index contributed by atoms with van der Waals surface area (Å²) in [6, 6.07) is 11.7. The van der Waals surface area contributed by atoms with E-state index < -0.39 is 10.5 Å². The van der Waals surface area contributed by atoms with E-state index in [2.05, 4.69) is 10.3 Å². The maximum absolute atomic E-state index is 10.9. The first-order valence-electron chi connectivity index (χ1n) is 6.21. The van der Waals surface area contributed by atoms with Gasteiger partial charge >= 0.3 is 0 Å². The Kier molecular flexibility index (Phi) is 4.40. The minimum Gasteiger partial charge on any atom is -0.394 e. The molecule has 0 aliphatic heterocycles. The van der Waals surface area contributed by atoms with E-state index in [9.17, 15) is 15.2 Å². The lowest BCUT2D eigenvalue weighted by Crippen LogP contribution is -2.36. The number of hydrogen-bond acceptors (Lipinski definition) is 5. The van der Waals surface area contributed by atoms with E-state index in [0.717, 1.165) is 5.56 Å². The Balaban J connectivity index is 2.37. The number of pyridine rings is 1. The molecule has 2 N–H and O–H groups in total. The van der Waals surface area contributed by atoms with Crippen molar-refractivity contribution in [2.75, 3.05) is 11.9 Å². The number of aliphatic hydroxyl groups excluding tert-OH is 1. The van der Waals surface area contributed by atoms with Crippen LogP contribution in [0.3, 0.4) is 0 Å². The van der Waals surface area contributed by atoms with Crippen LogP contribution in [0.2, 0.25) is 5.15 Å². The summed E-state index contributed by atoms with van der Waals surface area (Å²) >= 11 is 5.79. The number of nitro groups is 1. The molecule has 110 valence electrons. The molecule has 0 bridgehead atoms. The van der Waals surface area contributed by atoms with Crippen LogP contribution in [0.25, 0.3) is 0 Å². The monoisotopic (exact) mass is 307 g/mol. The van der Waals surface area contributed by atoms with Gasteiger partial charge in [-0.25, -0.2) is 4.98 Å². The van der Waals surface area contributed by atoms with Crippen LogP contribution >= 0.6 is 11.6 Å². The van der Waals surface area contributed by atoms with Crippen molar-refractivity contribution in [1.29, 1.82) is 0 Å². The number of aromatic nitrogens is 1. The molecule has 7 heteroatoms. The van der Waals surface area contributed by atoms with E-state index in [0.29, 0.717) is 0 Å². The zero-order valence-electron chi connectivity index (χ0n) is 11.3. The van der Waals surface area contributed by atoms with Crippen molar-refractivity contribution in [3.05, 3.63) is 63.3 Å². The number of nitrogens with zero attached hydrogens (tertiary/aromatic N) is 2. The summed E-state index contributed by atoms with van der Waals surface area (Å²) < 4.78 is 0. The fourth-order valence-corrected chi connectivity index (χ4v) is 2.15. The van der Waals surface area contributed by atoms with Crippen LogP contribution in [-0.4, -0.2) is 21.6 Å². The zero-order valence-corrected chi connectivity index (χ0v) is 12.0. The van der Waals surface area contributed by atoms with Gasteiger partial charge in [0.2, 0.25) is 0 Å². The lowest BCUT2D eigenvalue weighted by Gasteiger charge is -2.29. The van der Waals surface area contributed by atoms with Gasteiger partial charge in [-0.2, -0.15) is 0 Å². The van der Waals surface area contributed by atoms with Gasteiger partial charge in [-0.1, -0.05) is 41.9 Å². The standard InChI is InChI=1S/C14H14ClN3O3/c1-14(9-19,10-5-3-2-4-6-10)17-13-8-11(18(20)21)7-12(15)16-13/h2-8,19H,9H2,1H3,(H,16,17). The Morgan fingerprint density at radius 3 is 2.62 bits per heavy atom. The highest BCUT2D eigenvalue weighted by Gasteiger charge is 2.26. The highest BCUT2D eigenvalue weighted by Crippen LogP contribution is 2.28. The summed E-state index contributed by atoms with van der Waals surface area (Å²) in [4.78, 5) is 14.3. The van der Waals surface area contributed by atoms with Crippen molar-refractivity contribution in [3.63, 3.8) is 0 Å². The quantitative estimate of drug-likeness (QED) is 0.503. The molecule has 0 fully saturated rings. The summed E-state index contributed by atoms with van der Waals surface area (Å²) in [5.74, 6) is 0.231. The second-order valence-corrected chi connectivity index (χ2v) is 5.16. The molecule has 1 atom stereocenters. The third kappa shape index (κ3) is 3.48. The van der Waals surface area contributed by atoms with E-state index >= 15 is 0 Å². The molecular weight excluding hydrogens is 294 g/mol. The van der Waals surface area contributed by atoms with E-state index in [1.54, 1.807) is 6.92 Å². The number of rotatable bonds is 5. The normalized spacial score (nSPS) is 13.5. The van der Waals surface area contributed by atoms with Crippen LogP contribution < -0.4 is 5.32 Å². The number of aliphatic hydroxyl groups is 1. The SMILES string of the molecule is CC(CO)(Nc1cc([N+](=O)[O-])cc(Cl)n1)c1ccccc1. The van der Waals surface area contributed by atoms with Crippen molar-refractivity contribution < 1.29 is 10.0 Å². The topological polar surface area (TPSA) is 88.3 Å². The van der Waals surface area contributed by atoms with Gasteiger partial charge in [0, 0.05) is 0 Å². The van der Waals surface area contributed by atoms with Crippen LogP contribution in [-0.2, 0) is 5.54 Å². The molecule has 0 amide bonds. The lowest BCUT2D eigenvalue weighted by molar-refractivity contribution is -0.384. The Labute approximate surface area is 126 Å². The number of hydrogen-bond donors (Lipinski definition) is 2. The predicted octanol–water partition coefficient (Wildman–Crippen LogP) is 2.96. The van der Waals surface area contributed by atoms with Gasteiger partial charge in [-0.15, -0.1) is 0 Å². The van der Waals surface area contributed by atoms with Crippen LogP contribution in [0.5, 0.6) is 0 Å². The van der Waals surface area contributed by atoms with Crippen LogP contribution in [0.1, 0.15) is 12.5 Å². The fraction of sp³-hybridized carbons (Fsp3) is 0.214. The molecule has 2 rings (SSSR count). The van der Waals surface area contributed by atoms with E-state index in [4.69, 9.17) is 11.6 Å². The minimum atomic E-state index is -0.827.